The fourth-order valence-corrected chi connectivity index (χ4v) is 2.73. The molecule has 5 heteroatoms. The third-order valence-electron chi connectivity index (χ3n) is 4.40. The van der Waals surface area contributed by atoms with Gasteiger partial charge in [-0.1, -0.05) is 19.1 Å². The standard InChI is InChI=1S/C18H31N5/c1-3-16-6-8-17(9-7-16)21-18(19)20-10-4-5-11-23-14-12-22(2)13-15-23/h6-9H,3-5,10-15H2,1-2H3,(H3,19,20,21). The number of nitrogens with one attached hydrogen (secondary N) is 1. The van der Waals surface area contributed by atoms with Gasteiger partial charge in [0.15, 0.2) is 5.96 Å². The van der Waals surface area contributed by atoms with Crippen LogP contribution < -0.4 is 11.1 Å². The van der Waals surface area contributed by atoms with E-state index in [1.165, 1.54) is 44.7 Å². The molecule has 5 nitrogen and oxygen atoms in total. The van der Waals surface area contributed by atoms with Gasteiger partial charge in [-0.15, -0.1) is 0 Å². The number of anilines is 1. The summed E-state index contributed by atoms with van der Waals surface area (Å²) in [5.74, 6) is 0.508. The molecule has 1 aliphatic rings. The van der Waals surface area contributed by atoms with Gasteiger partial charge in [-0.25, -0.2) is 0 Å². The number of benzene rings is 1. The second-order valence-corrected chi connectivity index (χ2v) is 6.29. The summed E-state index contributed by atoms with van der Waals surface area (Å²) in [6.07, 6.45) is 3.33. The Kier molecular flexibility index (Phi) is 7.36. The first-order chi connectivity index (χ1) is 11.2. The molecule has 1 aromatic carbocycles. The number of hydrogen-bond acceptors (Lipinski definition) is 3. The van der Waals surface area contributed by atoms with Crippen LogP contribution in [0.3, 0.4) is 0 Å². The summed E-state index contributed by atoms with van der Waals surface area (Å²) in [5, 5.41) is 3.15. The van der Waals surface area contributed by atoms with E-state index >= 15 is 0 Å². The average Bonchev–Trinajstić information content (AvgIpc) is 2.57. The molecule has 2 rings (SSSR count). The van der Waals surface area contributed by atoms with Gasteiger partial charge in [-0.2, -0.15) is 0 Å². The summed E-state index contributed by atoms with van der Waals surface area (Å²) in [5.41, 5.74) is 8.27. The normalized spacial score (nSPS) is 17.4. The number of nitrogens with zero attached hydrogens (tertiary/aromatic N) is 3. The van der Waals surface area contributed by atoms with Crippen LogP contribution in [0.5, 0.6) is 0 Å². The number of aliphatic imine (C=N–C) groups is 1. The monoisotopic (exact) mass is 317 g/mol. The fourth-order valence-electron chi connectivity index (χ4n) is 2.73. The molecule has 0 aliphatic carbocycles. The van der Waals surface area contributed by atoms with E-state index in [1.807, 2.05) is 0 Å². The lowest BCUT2D eigenvalue weighted by Crippen LogP contribution is -2.44. The van der Waals surface area contributed by atoms with Crippen LogP contribution in [0.4, 0.5) is 5.69 Å². The highest BCUT2D eigenvalue weighted by Gasteiger charge is 2.12. The molecule has 0 unspecified atom stereocenters. The number of rotatable bonds is 7. The minimum absolute atomic E-state index is 0.508. The Morgan fingerprint density at radius 2 is 1.83 bits per heavy atom. The van der Waals surface area contributed by atoms with E-state index in [4.69, 9.17) is 5.73 Å². The second kappa shape index (κ2) is 9.53. The van der Waals surface area contributed by atoms with E-state index in [-0.39, 0.29) is 0 Å². The number of aryl methyl sites for hydroxylation is 1. The number of piperazine rings is 1. The van der Waals surface area contributed by atoms with E-state index < -0.39 is 0 Å². The SMILES string of the molecule is CCc1ccc(NC(N)=NCCCCN2CCN(C)CC2)cc1. The maximum absolute atomic E-state index is 5.94. The van der Waals surface area contributed by atoms with Gasteiger partial charge in [0.1, 0.15) is 0 Å². The maximum atomic E-state index is 5.94. The summed E-state index contributed by atoms with van der Waals surface area (Å²) in [4.78, 5) is 9.34. The zero-order chi connectivity index (χ0) is 16.5. The summed E-state index contributed by atoms with van der Waals surface area (Å²) >= 11 is 0. The van der Waals surface area contributed by atoms with Crippen LogP contribution in [0.1, 0.15) is 25.3 Å². The van der Waals surface area contributed by atoms with Crippen LogP contribution in [0.15, 0.2) is 29.3 Å². The first-order valence-corrected chi connectivity index (χ1v) is 8.74. The molecule has 0 aromatic heterocycles. The fraction of sp³-hybridized carbons (Fsp3) is 0.611. The first kappa shape index (κ1) is 17.8. The van der Waals surface area contributed by atoms with Crippen LogP contribution in [-0.2, 0) is 6.42 Å². The molecule has 1 fully saturated rings. The Hall–Kier alpha value is -1.59. The summed E-state index contributed by atoms with van der Waals surface area (Å²) in [6, 6.07) is 8.33. The molecule has 128 valence electrons. The van der Waals surface area contributed by atoms with E-state index in [9.17, 15) is 0 Å². The van der Waals surface area contributed by atoms with Crippen molar-refractivity contribution in [1.29, 1.82) is 0 Å². The smallest absolute Gasteiger partial charge is 0.193 e. The van der Waals surface area contributed by atoms with E-state index in [1.54, 1.807) is 0 Å². The Balaban J connectivity index is 1.60. The van der Waals surface area contributed by atoms with Gasteiger partial charge >= 0.3 is 0 Å². The van der Waals surface area contributed by atoms with Crippen molar-refractivity contribution in [2.75, 3.05) is 51.6 Å². The lowest BCUT2D eigenvalue weighted by Gasteiger charge is -2.32. The zero-order valence-corrected chi connectivity index (χ0v) is 14.6. The molecule has 23 heavy (non-hydrogen) atoms. The van der Waals surface area contributed by atoms with Crippen molar-refractivity contribution in [2.24, 2.45) is 10.7 Å². The molecule has 0 spiro atoms. The zero-order valence-electron chi connectivity index (χ0n) is 14.6. The van der Waals surface area contributed by atoms with Crippen molar-refractivity contribution in [1.82, 2.24) is 9.80 Å². The lowest BCUT2D eigenvalue weighted by molar-refractivity contribution is 0.152. The molecule has 0 bridgehead atoms. The first-order valence-electron chi connectivity index (χ1n) is 8.74. The van der Waals surface area contributed by atoms with Gasteiger partial charge in [0.05, 0.1) is 0 Å². The maximum Gasteiger partial charge on any atom is 0.193 e. The van der Waals surface area contributed by atoms with Crippen LogP contribution >= 0.6 is 0 Å². The summed E-state index contributed by atoms with van der Waals surface area (Å²) in [7, 11) is 2.19. The van der Waals surface area contributed by atoms with Gasteiger partial charge in [0.25, 0.3) is 0 Å². The summed E-state index contributed by atoms with van der Waals surface area (Å²) in [6.45, 7) is 8.88. The Morgan fingerprint density at radius 3 is 2.48 bits per heavy atom. The van der Waals surface area contributed by atoms with E-state index in [0.717, 1.165) is 25.1 Å². The Morgan fingerprint density at radius 1 is 1.13 bits per heavy atom. The van der Waals surface area contributed by atoms with Gasteiger partial charge in [-0.3, -0.25) is 4.99 Å². The third-order valence-corrected chi connectivity index (χ3v) is 4.40. The van der Waals surface area contributed by atoms with E-state index in [0.29, 0.717) is 5.96 Å². The topological polar surface area (TPSA) is 56.9 Å². The molecular formula is C18H31N5. The molecule has 0 atom stereocenters. The summed E-state index contributed by atoms with van der Waals surface area (Å²) < 4.78 is 0. The molecular weight excluding hydrogens is 286 g/mol. The van der Waals surface area contributed by atoms with Crippen molar-refractivity contribution >= 4 is 11.6 Å². The quantitative estimate of drug-likeness (QED) is 0.459. The van der Waals surface area contributed by atoms with Crippen molar-refractivity contribution in [3.8, 4) is 0 Å². The molecule has 3 N–H and O–H groups in total. The molecule has 0 saturated carbocycles. The van der Waals surface area contributed by atoms with Crippen LogP contribution in [0.25, 0.3) is 0 Å². The highest BCUT2D eigenvalue weighted by molar-refractivity contribution is 5.92. The number of unbranched alkanes of at least 4 members (excludes halogenated alkanes) is 1. The highest BCUT2D eigenvalue weighted by Crippen LogP contribution is 2.09. The van der Waals surface area contributed by atoms with Crippen molar-refractivity contribution in [2.45, 2.75) is 26.2 Å². The van der Waals surface area contributed by atoms with Gasteiger partial charge in [0, 0.05) is 38.4 Å². The molecule has 0 amide bonds. The minimum Gasteiger partial charge on any atom is -0.370 e. The second-order valence-electron chi connectivity index (χ2n) is 6.29. The predicted octanol–water partition coefficient (Wildman–Crippen LogP) is 2.00. The molecule has 1 aliphatic heterocycles. The van der Waals surface area contributed by atoms with E-state index in [2.05, 4.69) is 58.3 Å². The Labute approximate surface area is 140 Å². The highest BCUT2D eigenvalue weighted by atomic mass is 15.2. The molecule has 0 radical (unpaired) electrons. The Bertz CT molecular complexity index is 475. The third kappa shape index (κ3) is 6.59. The molecule has 1 heterocycles. The van der Waals surface area contributed by atoms with Crippen LogP contribution in [0.2, 0.25) is 0 Å². The van der Waals surface area contributed by atoms with Gasteiger partial charge in [-0.05, 0) is 50.6 Å². The van der Waals surface area contributed by atoms with Crippen molar-refractivity contribution in [3.05, 3.63) is 29.8 Å². The van der Waals surface area contributed by atoms with Crippen LogP contribution in [-0.4, -0.2) is 62.1 Å². The van der Waals surface area contributed by atoms with Crippen LogP contribution in [0, 0.1) is 0 Å². The number of guanidine groups is 1. The molecule has 1 aromatic rings. The number of nitrogens with two attached hydrogens (primary N) is 1. The predicted molar refractivity (Wildman–Crippen MR) is 99.1 cm³/mol. The number of likely N-dealkylation sites (N-methyl/N-ethyl adjacent to an activating group) is 1. The minimum atomic E-state index is 0.508. The lowest BCUT2D eigenvalue weighted by atomic mass is 10.1. The van der Waals surface area contributed by atoms with Crippen molar-refractivity contribution in [3.63, 3.8) is 0 Å². The van der Waals surface area contributed by atoms with Crippen molar-refractivity contribution < 1.29 is 0 Å². The molecule has 1 saturated heterocycles. The average molecular weight is 317 g/mol. The van der Waals surface area contributed by atoms with Gasteiger partial charge in [0.2, 0.25) is 0 Å². The largest absolute Gasteiger partial charge is 0.370 e. The van der Waals surface area contributed by atoms with Gasteiger partial charge < -0.3 is 20.9 Å². The number of hydrogen-bond donors (Lipinski definition) is 2.